The zero-order valence-corrected chi connectivity index (χ0v) is 12.9. The summed E-state index contributed by atoms with van der Waals surface area (Å²) in [6, 6.07) is 12.6. The molecule has 0 aliphatic carbocycles. The van der Waals surface area contributed by atoms with Crippen molar-refractivity contribution in [1.29, 1.82) is 0 Å². The Kier molecular flexibility index (Phi) is 4.04. The van der Waals surface area contributed by atoms with Gasteiger partial charge in [-0.1, -0.05) is 23.7 Å². The van der Waals surface area contributed by atoms with E-state index in [9.17, 15) is 4.79 Å². The highest BCUT2D eigenvalue weighted by Crippen LogP contribution is 2.35. The molecule has 3 rings (SSSR count). The van der Waals surface area contributed by atoms with E-state index in [1.807, 2.05) is 30.3 Å². The minimum Gasteiger partial charge on any atom is -0.489 e. The fraction of sp³-hybridized carbons (Fsp3) is 0.0588. The summed E-state index contributed by atoms with van der Waals surface area (Å²) in [5.41, 5.74) is 13.6. The molecule has 0 saturated carbocycles. The van der Waals surface area contributed by atoms with E-state index >= 15 is 0 Å². The molecule has 0 bridgehead atoms. The number of nitrogens with zero attached hydrogens (tertiary/aromatic N) is 1. The van der Waals surface area contributed by atoms with Crippen LogP contribution in [0, 0.1) is 0 Å². The van der Waals surface area contributed by atoms with Crippen molar-refractivity contribution in [3.8, 4) is 5.75 Å². The van der Waals surface area contributed by atoms with Gasteiger partial charge >= 0.3 is 0 Å². The smallest absolute Gasteiger partial charge is 0.280 e. The number of benzene rings is 2. The van der Waals surface area contributed by atoms with Crippen molar-refractivity contribution in [2.75, 3.05) is 6.61 Å². The fourth-order valence-corrected chi connectivity index (χ4v) is 2.63. The Balaban J connectivity index is 2.07. The quantitative estimate of drug-likeness (QED) is 0.655. The Morgan fingerprint density at radius 2 is 2.00 bits per heavy atom. The van der Waals surface area contributed by atoms with Gasteiger partial charge in [0.05, 0.1) is 0 Å². The lowest BCUT2D eigenvalue weighted by Crippen LogP contribution is -2.24. The number of carbonyl (C=O) groups is 1. The summed E-state index contributed by atoms with van der Waals surface area (Å²) in [6.07, 6.45) is 1.95. The first-order valence-electron chi connectivity index (χ1n) is 6.92. The first-order valence-corrected chi connectivity index (χ1v) is 7.29. The molecule has 23 heavy (non-hydrogen) atoms. The molecule has 4 N–H and O–H groups in total. The SMILES string of the molecule is NC(N)=NC(=O)c1ccc2c(c1)C(c1cccc(Cl)c1)=CCO2. The molecule has 2 aromatic rings. The maximum atomic E-state index is 12.0. The number of ether oxygens (including phenoxy) is 1. The molecular weight excluding hydrogens is 314 g/mol. The van der Waals surface area contributed by atoms with Crippen molar-refractivity contribution in [2.45, 2.75) is 0 Å². The Bertz CT molecular complexity index is 839. The van der Waals surface area contributed by atoms with E-state index in [-0.39, 0.29) is 5.96 Å². The minimum absolute atomic E-state index is 0.269. The summed E-state index contributed by atoms with van der Waals surface area (Å²) >= 11 is 6.07. The first kappa shape index (κ1) is 15.1. The minimum atomic E-state index is -0.496. The van der Waals surface area contributed by atoms with Gasteiger partial charge in [0, 0.05) is 16.1 Å². The van der Waals surface area contributed by atoms with Gasteiger partial charge in [-0.3, -0.25) is 4.79 Å². The van der Waals surface area contributed by atoms with Gasteiger partial charge in [-0.25, -0.2) is 0 Å². The van der Waals surface area contributed by atoms with Gasteiger partial charge in [0.2, 0.25) is 0 Å². The second-order valence-corrected chi connectivity index (χ2v) is 5.43. The maximum absolute atomic E-state index is 12.0. The zero-order chi connectivity index (χ0) is 16.4. The number of aliphatic imine (C=N–C) groups is 1. The topological polar surface area (TPSA) is 90.7 Å². The molecule has 1 amide bonds. The van der Waals surface area contributed by atoms with E-state index < -0.39 is 5.91 Å². The number of halogens is 1. The lowest BCUT2D eigenvalue weighted by molar-refractivity contribution is 0.100. The molecule has 1 heterocycles. The van der Waals surface area contributed by atoms with E-state index in [2.05, 4.69) is 4.99 Å². The van der Waals surface area contributed by atoms with Crippen LogP contribution in [0.25, 0.3) is 5.57 Å². The third-order valence-electron chi connectivity index (χ3n) is 3.41. The van der Waals surface area contributed by atoms with Crippen molar-refractivity contribution in [1.82, 2.24) is 0 Å². The van der Waals surface area contributed by atoms with E-state index in [1.165, 1.54) is 0 Å². The van der Waals surface area contributed by atoms with Gasteiger partial charge in [0.15, 0.2) is 5.96 Å². The second kappa shape index (κ2) is 6.14. The van der Waals surface area contributed by atoms with Gasteiger partial charge < -0.3 is 16.2 Å². The predicted octanol–water partition coefficient (Wildman–Crippen LogP) is 2.58. The molecule has 2 aromatic carbocycles. The van der Waals surface area contributed by atoms with Crippen molar-refractivity contribution in [3.63, 3.8) is 0 Å². The highest BCUT2D eigenvalue weighted by Gasteiger charge is 2.18. The summed E-state index contributed by atoms with van der Waals surface area (Å²) in [5, 5.41) is 0.643. The van der Waals surface area contributed by atoms with Crippen molar-refractivity contribution in [3.05, 3.63) is 70.3 Å². The summed E-state index contributed by atoms with van der Waals surface area (Å²) in [7, 11) is 0. The van der Waals surface area contributed by atoms with Gasteiger partial charge in [0.25, 0.3) is 5.91 Å². The average molecular weight is 328 g/mol. The Morgan fingerprint density at radius 3 is 2.74 bits per heavy atom. The molecular formula is C17H14ClN3O2. The molecule has 1 aliphatic heterocycles. The van der Waals surface area contributed by atoms with Crippen molar-refractivity contribution < 1.29 is 9.53 Å². The van der Waals surface area contributed by atoms with E-state index in [4.69, 9.17) is 27.8 Å². The molecule has 0 saturated heterocycles. The number of rotatable bonds is 2. The highest BCUT2D eigenvalue weighted by atomic mass is 35.5. The van der Waals surface area contributed by atoms with Crippen LogP contribution in [0.5, 0.6) is 5.75 Å². The van der Waals surface area contributed by atoms with Crippen LogP contribution in [0.2, 0.25) is 5.02 Å². The largest absolute Gasteiger partial charge is 0.489 e. The predicted molar refractivity (Wildman–Crippen MR) is 90.6 cm³/mol. The number of hydrogen-bond donors (Lipinski definition) is 2. The van der Waals surface area contributed by atoms with Gasteiger partial charge in [-0.15, -0.1) is 0 Å². The third kappa shape index (κ3) is 3.19. The Hall–Kier alpha value is -2.79. The van der Waals surface area contributed by atoms with Gasteiger partial charge in [-0.2, -0.15) is 4.99 Å². The van der Waals surface area contributed by atoms with Crippen LogP contribution >= 0.6 is 11.6 Å². The lowest BCUT2D eigenvalue weighted by Gasteiger charge is -2.19. The number of hydrogen-bond acceptors (Lipinski definition) is 2. The lowest BCUT2D eigenvalue weighted by atomic mass is 9.94. The molecule has 1 aliphatic rings. The highest BCUT2D eigenvalue weighted by molar-refractivity contribution is 6.30. The summed E-state index contributed by atoms with van der Waals surface area (Å²) in [5.74, 6) is -0.0675. The number of carbonyl (C=O) groups excluding carboxylic acids is 1. The monoisotopic (exact) mass is 327 g/mol. The second-order valence-electron chi connectivity index (χ2n) is 4.99. The van der Waals surface area contributed by atoms with Crippen LogP contribution in [0.15, 0.2) is 53.5 Å². The Labute approximate surface area is 138 Å². The van der Waals surface area contributed by atoms with Crippen LogP contribution in [-0.4, -0.2) is 18.5 Å². The van der Waals surface area contributed by atoms with E-state index in [0.29, 0.717) is 22.9 Å². The molecule has 0 unspecified atom stereocenters. The van der Waals surface area contributed by atoms with Crippen LogP contribution in [0.3, 0.4) is 0 Å². The Morgan fingerprint density at radius 1 is 1.17 bits per heavy atom. The molecule has 6 heteroatoms. The number of fused-ring (bicyclic) bond motifs is 1. The molecule has 0 fully saturated rings. The standard InChI is InChI=1S/C17H14ClN3O2/c18-12-3-1-2-10(8-12)13-6-7-23-15-5-4-11(9-14(13)15)16(22)21-17(19)20/h1-6,8-9H,7H2,(H4,19,20,21,22). The average Bonchev–Trinajstić information content (AvgIpc) is 2.53. The fourth-order valence-electron chi connectivity index (χ4n) is 2.44. The number of nitrogens with two attached hydrogens (primary N) is 2. The third-order valence-corrected chi connectivity index (χ3v) is 3.64. The summed E-state index contributed by atoms with van der Waals surface area (Å²) < 4.78 is 5.62. The summed E-state index contributed by atoms with van der Waals surface area (Å²) in [4.78, 5) is 15.6. The number of guanidine groups is 1. The molecule has 5 nitrogen and oxygen atoms in total. The summed E-state index contributed by atoms with van der Waals surface area (Å²) in [6.45, 7) is 0.454. The van der Waals surface area contributed by atoms with Crippen LogP contribution in [0.4, 0.5) is 0 Å². The van der Waals surface area contributed by atoms with Crippen LogP contribution in [-0.2, 0) is 0 Å². The van der Waals surface area contributed by atoms with Gasteiger partial charge in [0.1, 0.15) is 12.4 Å². The van der Waals surface area contributed by atoms with Crippen molar-refractivity contribution >= 4 is 29.0 Å². The van der Waals surface area contributed by atoms with E-state index in [0.717, 1.165) is 16.7 Å². The molecule has 0 atom stereocenters. The maximum Gasteiger partial charge on any atom is 0.280 e. The number of amides is 1. The van der Waals surface area contributed by atoms with Crippen LogP contribution in [0.1, 0.15) is 21.5 Å². The first-order chi connectivity index (χ1) is 11.0. The van der Waals surface area contributed by atoms with Crippen molar-refractivity contribution in [2.24, 2.45) is 16.5 Å². The zero-order valence-electron chi connectivity index (χ0n) is 12.1. The van der Waals surface area contributed by atoms with Crippen LogP contribution < -0.4 is 16.2 Å². The van der Waals surface area contributed by atoms with Gasteiger partial charge in [-0.05, 0) is 47.5 Å². The molecule has 0 radical (unpaired) electrons. The normalized spacial score (nSPS) is 12.7. The van der Waals surface area contributed by atoms with E-state index in [1.54, 1.807) is 18.2 Å². The molecule has 0 aromatic heterocycles. The molecule has 0 spiro atoms. The molecule has 116 valence electrons.